The third-order valence-electron chi connectivity index (χ3n) is 2.54. The predicted molar refractivity (Wildman–Crippen MR) is 58.3 cm³/mol. The van der Waals surface area contributed by atoms with Crippen molar-refractivity contribution >= 4 is 5.91 Å². The number of aromatic nitrogens is 2. The Labute approximate surface area is 94.6 Å². The Bertz CT molecular complexity index is 350. The van der Waals surface area contributed by atoms with Crippen LogP contribution in [0.15, 0.2) is 4.52 Å². The lowest BCUT2D eigenvalue weighted by Crippen LogP contribution is -2.44. The van der Waals surface area contributed by atoms with Crippen molar-refractivity contribution in [2.24, 2.45) is 11.7 Å². The minimum atomic E-state index is -0.492. The SMILES string of the molecule is CC[C@H](C)[C@H](N)C(=O)NCc1nc(C)no1. The number of hydrogen-bond acceptors (Lipinski definition) is 5. The van der Waals surface area contributed by atoms with E-state index in [-0.39, 0.29) is 18.4 Å². The van der Waals surface area contributed by atoms with Gasteiger partial charge in [-0.3, -0.25) is 4.79 Å². The van der Waals surface area contributed by atoms with Crippen molar-refractivity contribution in [3.8, 4) is 0 Å². The fourth-order valence-electron chi connectivity index (χ4n) is 1.20. The summed E-state index contributed by atoms with van der Waals surface area (Å²) in [5.74, 6) is 0.910. The highest BCUT2D eigenvalue weighted by atomic mass is 16.5. The number of carbonyl (C=O) groups excluding carboxylic acids is 1. The molecule has 0 fully saturated rings. The molecule has 6 heteroatoms. The largest absolute Gasteiger partial charge is 0.346 e. The van der Waals surface area contributed by atoms with Crippen molar-refractivity contribution in [2.75, 3.05) is 0 Å². The third-order valence-corrected chi connectivity index (χ3v) is 2.54. The van der Waals surface area contributed by atoms with Crippen LogP contribution in [-0.4, -0.2) is 22.1 Å². The molecule has 1 heterocycles. The number of nitrogens with zero attached hydrogens (tertiary/aromatic N) is 2. The Hall–Kier alpha value is -1.43. The fourth-order valence-corrected chi connectivity index (χ4v) is 1.20. The Kier molecular flexibility index (Phi) is 4.42. The van der Waals surface area contributed by atoms with E-state index in [1.807, 2.05) is 13.8 Å². The van der Waals surface area contributed by atoms with Gasteiger partial charge in [0.15, 0.2) is 5.82 Å². The molecule has 0 aliphatic carbocycles. The molecule has 0 saturated heterocycles. The zero-order chi connectivity index (χ0) is 12.1. The summed E-state index contributed by atoms with van der Waals surface area (Å²) >= 11 is 0. The van der Waals surface area contributed by atoms with Gasteiger partial charge < -0.3 is 15.6 Å². The normalized spacial score (nSPS) is 14.5. The van der Waals surface area contributed by atoms with E-state index in [9.17, 15) is 4.79 Å². The molecule has 1 aromatic heterocycles. The Morgan fingerprint density at radius 2 is 2.31 bits per heavy atom. The summed E-state index contributed by atoms with van der Waals surface area (Å²) in [4.78, 5) is 15.6. The van der Waals surface area contributed by atoms with Crippen molar-refractivity contribution in [2.45, 2.75) is 39.8 Å². The molecule has 2 atom stereocenters. The summed E-state index contributed by atoms with van der Waals surface area (Å²) in [6.07, 6.45) is 0.869. The molecular weight excluding hydrogens is 208 g/mol. The van der Waals surface area contributed by atoms with Crippen LogP contribution < -0.4 is 11.1 Å². The van der Waals surface area contributed by atoms with Crippen LogP contribution in [0.3, 0.4) is 0 Å². The molecule has 0 aromatic carbocycles. The minimum absolute atomic E-state index is 0.157. The van der Waals surface area contributed by atoms with Crippen molar-refractivity contribution in [3.63, 3.8) is 0 Å². The molecule has 0 aliphatic rings. The molecule has 1 amide bonds. The Morgan fingerprint density at radius 3 is 2.81 bits per heavy atom. The van der Waals surface area contributed by atoms with E-state index in [2.05, 4.69) is 15.5 Å². The zero-order valence-corrected chi connectivity index (χ0v) is 9.86. The van der Waals surface area contributed by atoms with Crippen LogP contribution in [0.2, 0.25) is 0 Å². The lowest BCUT2D eigenvalue weighted by molar-refractivity contribution is -0.123. The van der Waals surface area contributed by atoms with Gasteiger partial charge in [-0.1, -0.05) is 25.4 Å². The summed E-state index contributed by atoms with van der Waals surface area (Å²) in [5, 5.41) is 6.29. The number of aryl methyl sites for hydroxylation is 1. The first kappa shape index (κ1) is 12.6. The quantitative estimate of drug-likeness (QED) is 0.756. The molecule has 0 aliphatic heterocycles. The molecule has 1 rings (SSSR count). The maximum Gasteiger partial charge on any atom is 0.246 e. The van der Waals surface area contributed by atoms with E-state index in [0.29, 0.717) is 11.7 Å². The van der Waals surface area contributed by atoms with Crippen molar-refractivity contribution in [3.05, 3.63) is 11.7 Å². The Balaban J connectivity index is 2.40. The van der Waals surface area contributed by atoms with Crippen LogP contribution in [0.5, 0.6) is 0 Å². The van der Waals surface area contributed by atoms with Crippen LogP contribution in [0, 0.1) is 12.8 Å². The standard InChI is InChI=1S/C10H18N4O2/c1-4-6(2)9(11)10(15)12-5-8-13-7(3)14-16-8/h6,9H,4-5,11H2,1-3H3,(H,12,15)/t6-,9-/m0/s1. The van der Waals surface area contributed by atoms with Gasteiger partial charge in [0.2, 0.25) is 11.8 Å². The second-order valence-electron chi connectivity index (χ2n) is 3.86. The second-order valence-corrected chi connectivity index (χ2v) is 3.86. The molecule has 0 saturated carbocycles. The smallest absolute Gasteiger partial charge is 0.246 e. The summed E-state index contributed by atoms with van der Waals surface area (Å²) in [7, 11) is 0. The summed E-state index contributed by atoms with van der Waals surface area (Å²) in [6.45, 7) is 5.89. The van der Waals surface area contributed by atoms with Crippen LogP contribution in [0.4, 0.5) is 0 Å². The van der Waals surface area contributed by atoms with E-state index < -0.39 is 6.04 Å². The first-order valence-electron chi connectivity index (χ1n) is 5.37. The molecule has 0 radical (unpaired) electrons. The second kappa shape index (κ2) is 5.60. The Morgan fingerprint density at radius 1 is 1.62 bits per heavy atom. The predicted octanol–water partition coefficient (Wildman–Crippen LogP) is 0.368. The first-order valence-corrected chi connectivity index (χ1v) is 5.37. The van der Waals surface area contributed by atoms with Crippen molar-refractivity contribution in [1.82, 2.24) is 15.5 Å². The van der Waals surface area contributed by atoms with E-state index in [4.69, 9.17) is 10.3 Å². The number of hydrogen-bond donors (Lipinski definition) is 2. The molecule has 1 aromatic rings. The van der Waals surface area contributed by atoms with Gasteiger partial charge in [0.25, 0.3) is 0 Å². The topological polar surface area (TPSA) is 94.0 Å². The van der Waals surface area contributed by atoms with E-state index in [1.54, 1.807) is 6.92 Å². The monoisotopic (exact) mass is 226 g/mol. The molecule has 90 valence electrons. The van der Waals surface area contributed by atoms with Gasteiger partial charge in [0.05, 0.1) is 12.6 Å². The molecular formula is C10H18N4O2. The average molecular weight is 226 g/mol. The number of nitrogens with two attached hydrogens (primary N) is 1. The summed E-state index contributed by atoms with van der Waals surface area (Å²) in [5.41, 5.74) is 5.76. The molecule has 0 unspecified atom stereocenters. The van der Waals surface area contributed by atoms with E-state index in [0.717, 1.165) is 6.42 Å². The van der Waals surface area contributed by atoms with Gasteiger partial charge in [0, 0.05) is 0 Å². The molecule has 16 heavy (non-hydrogen) atoms. The van der Waals surface area contributed by atoms with Crippen LogP contribution in [0.1, 0.15) is 32.0 Å². The fraction of sp³-hybridized carbons (Fsp3) is 0.700. The lowest BCUT2D eigenvalue weighted by Gasteiger charge is -2.16. The number of nitrogens with one attached hydrogen (secondary N) is 1. The molecule has 6 nitrogen and oxygen atoms in total. The maximum absolute atomic E-state index is 11.6. The van der Waals surface area contributed by atoms with Crippen LogP contribution in [-0.2, 0) is 11.3 Å². The van der Waals surface area contributed by atoms with E-state index >= 15 is 0 Å². The first-order chi connectivity index (χ1) is 7.54. The summed E-state index contributed by atoms with van der Waals surface area (Å²) in [6, 6.07) is -0.492. The highest BCUT2D eigenvalue weighted by Gasteiger charge is 2.19. The number of amides is 1. The van der Waals surface area contributed by atoms with Gasteiger partial charge in [-0.15, -0.1) is 0 Å². The van der Waals surface area contributed by atoms with Gasteiger partial charge in [0.1, 0.15) is 0 Å². The highest BCUT2D eigenvalue weighted by Crippen LogP contribution is 2.05. The molecule has 3 N–H and O–H groups in total. The van der Waals surface area contributed by atoms with Crippen molar-refractivity contribution in [1.29, 1.82) is 0 Å². The van der Waals surface area contributed by atoms with Crippen LogP contribution in [0.25, 0.3) is 0 Å². The van der Waals surface area contributed by atoms with Crippen molar-refractivity contribution < 1.29 is 9.32 Å². The number of rotatable bonds is 5. The average Bonchev–Trinajstić information content (AvgIpc) is 2.69. The summed E-state index contributed by atoms with van der Waals surface area (Å²) < 4.78 is 4.86. The van der Waals surface area contributed by atoms with E-state index in [1.165, 1.54) is 0 Å². The maximum atomic E-state index is 11.6. The van der Waals surface area contributed by atoms with Gasteiger partial charge in [-0.05, 0) is 12.8 Å². The molecule has 0 spiro atoms. The van der Waals surface area contributed by atoms with Gasteiger partial charge in [-0.2, -0.15) is 4.98 Å². The third kappa shape index (κ3) is 3.30. The van der Waals surface area contributed by atoms with Crippen LogP contribution >= 0.6 is 0 Å². The van der Waals surface area contributed by atoms with Gasteiger partial charge >= 0.3 is 0 Å². The molecule has 0 bridgehead atoms. The van der Waals surface area contributed by atoms with Gasteiger partial charge in [-0.25, -0.2) is 0 Å². The minimum Gasteiger partial charge on any atom is -0.346 e. The highest BCUT2D eigenvalue weighted by molar-refractivity contribution is 5.81. The lowest BCUT2D eigenvalue weighted by atomic mass is 9.99. The number of carbonyl (C=O) groups is 1. The zero-order valence-electron chi connectivity index (χ0n) is 9.86.